The van der Waals surface area contributed by atoms with Gasteiger partial charge in [-0.3, -0.25) is 0 Å². The van der Waals surface area contributed by atoms with Gasteiger partial charge in [-0.05, 0) is 0 Å². The minimum atomic E-state index is -3.87. The highest BCUT2D eigenvalue weighted by Gasteiger charge is 2.13. The van der Waals surface area contributed by atoms with Crippen molar-refractivity contribution in [2.75, 3.05) is 12.4 Å². The molecule has 0 saturated heterocycles. The van der Waals surface area contributed by atoms with Crippen molar-refractivity contribution in [3.63, 3.8) is 0 Å². The van der Waals surface area contributed by atoms with E-state index in [1.165, 1.54) is 0 Å². The van der Waals surface area contributed by atoms with Gasteiger partial charge in [0.2, 0.25) is 0 Å². The Balaban J connectivity index is 4.13. The van der Waals surface area contributed by atoms with Gasteiger partial charge in [0.05, 0.1) is 0 Å². The van der Waals surface area contributed by atoms with E-state index in [4.69, 9.17) is 5.11 Å². The van der Waals surface area contributed by atoms with E-state index in [1.54, 1.807) is 0 Å². The van der Waals surface area contributed by atoms with Crippen LogP contribution < -0.4 is 0 Å². The first-order valence-corrected chi connectivity index (χ1v) is 4.26. The number of carbonyl (C=O) groups is 1. The van der Waals surface area contributed by atoms with Crippen LogP contribution in [0.2, 0.25) is 0 Å². The van der Waals surface area contributed by atoms with E-state index >= 15 is 0 Å². The summed E-state index contributed by atoms with van der Waals surface area (Å²) in [6, 6.07) is 0. The van der Waals surface area contributed by atoms with Crippen molar-refractivity contribution in [3.05, 3.63) is 12.7 Å². The molecule has 0 bridgehead atoms. The summed E-state index contributed by atoms with van der Waals surface area (Å²) in [7, 11) is -3.87. The fourth-order valence-corrected chi connectivity index (χ4v) is 1.04. The van der Waals surface area contributed by atoms with Crippen LogP contribution >= 0.6 is 0 Å². The Hall–Kier alpha value is -0.880. The van der Waals surface area contributed by atoms with Crippen molar-refractivity contribution < 1.29 is 22.5 Å². The molecule has 1 N–H and O–H groups in total. The molecule has 0 aromatic heterocycles. The van der Waals surface area contributed by atoms with Gasteiger partial charge in [-0.25, -0.2) is 4.79 Å². The maximum atomic E-state index is 10.6. The second-order valence-corrected chi connectivity index (χ2v) is 3.24. The first kappa shape index (κ1) is 10.1. The van der Waals surface area contributed by atoms with Crippen LogP contribution in [0.4, 0.5) is 0 Å². The molecule has 0 atom stereocenters. The minimum Gasteiger partial charge on any atom is -0.385 e. The molecule has 11 heavy (non-hydrogen) atoms. The zero-order valence-electron chi connectivity index (χ0n) is 5.69. The third-order valence-electron chi connectivity index (χ3n) is 0.671. The fraction of sp³-hybridized carbons (Fsp3) is 0.400. The maximum Gasteiger partial charge on any atom is 0.347 e. The molecular weight excluding hydrogens is 172 g/mol. The van der Waals surface area contributed by atoms with Gasteiger partial charge in [0.15, 0.2) is 0 Å². The van der Waals surface area contributed by atoms with Gasteiger partial charge >= 0.3 is 16.1 Å². The van der Waals surface area contributed by atoms with Crippen LogP contribution in [-0.2, 0) is 19.1 Å². The molecule has 0 radical (unpaired) electrons. The summed E-state index contributed by atoms with van der Waals surface area (Å²) in [6.45, 7) is 2.20. The molecule has 0 fully saturated rings. The van der Waals surface area contributed by atoms with Gasteiger partial charge in [0.1, 0.15) is 12.4 Å². The Morgan fingerprint density at radius 3 is 2.55 bits per heavy atom. The molecule has 0 rings (SSSR count). The van der Waals surface area contributed by atoms with Gasteiger partial charge < -0.3 is 9.29 Å². The van der Waals surface area contributed by atoms with E-state index in [9.17, 15) is 13.2 Å². The molecule has 64 valence electrons. The van der Waals surface area contributed by atoms with Crippen LogP contribution in [-0.4, -0.2) is 31.9 Å². The maximum absolute atomic E-state index is 10.6. The van der Waals surface area contributed by atoms with Crippen molar-refractivity contribution in [1.82, 2.24) is 0 Å². The highest BCUT2D eigenvalue weighted by molar-refractivity contribution is 7.87. The lowest BCUT2D eigenvalue weighted by Gasteiger charge is -1.99. The largest absolute Gasteiger partial charge is 0.385 e. The third-order valence-corrected chi connectivity index (χ3v) is 1.75. The van der Waals surface area contributed by atoms with Crippen molar-refractivity contribution in [2.45, 2.75) is 0 Å². The molecule has 0 aliphatic rings. The highest BCUT2D eigenvalue weighted by atomic mass is 32.2. The molecule has 0 heterocycles. The number of aliphatic hydroxyl groups excluding tert-OH is 1. The number of hydrogen-bond acceptors (Lipinski definition) is 5. The molecular formula is C5H8O5S. The monoisotopic (exact) mass is 180 g/mol. The third kappa shape index (κ3) is 4.51. The summed E-state index contributed by atoms with van der Waals surface area (Å²) in [5.41, 5.74) is 0. The molecule has 0 aromatic rings. The average molecular weight is 180 g/mol. The summed E-state index contributed by atoms with van der Waals surface area (Å²) in [4.78, 5) is 10.2. The lowest BCUT2D eigenvalue weighted by atomic mass is 10.8. The standard InChI is InChI=1S/C5H8O5S/c1-2-3-11(8,9)10-5(7)4-6/h2,6H,1,3-4H2. The molecule has 0 aliphatic heterocycles. The molecule has 0 aliphatic carbocycles. The molecule has 0 unspecified atom stereocenters. The van der Waals surface area contributed by atoms with Crippen molar-refractivity contribution in [1.29, 1.82) is 0 Å². The van der Waals surface area contributed by atoms with Crippen LogP contribution in [0.15, 0.2) is 12.7 Å². The number of rotatable bonds is 4. The van der Waals surface area contributed by atoms with Gasteiger partial charge in [0.25, 0.3) is 0 Å². The lowest BCUT2D eigenvalue weighted by Crippen LogP contribution is -2.17. The summed E-state index contributed by atoms with van der Waals surface area (Å²) in [6.07, 6.45) is 1.08. The van der Waals surface area contributed by atoms with Gasteiger partial charge in [0, 0.05) is 0 Å². The Bertz CT molecular complexity index is 240. The van der Waals surface area contributed by atoms with Crippen molar-refractivity contribution in [3.8, 4) is 0 Å². The van der Waals surface area contributed by atoms with Crippen LogP contribution in [0.3, 0.4) is 0 Å². The number of aliphatic hydroxyl groups is 1. The Kier molecular flexibility index (Phi) is 3.77. The van der Waals surface area contributed by atoms with Crippen molar-refractivity contribution in [2.24, 2.45) is 0 Å². The van der Waals surface area contributed by atoms with Crippen LogP contribution in [0.25, 0.3) is 0 Å². The predicted molar refractivity (Wildman–Crippen MR) is 37.2 cm³/mol. The highest BCUT2D eigenvalue weighted by Crippen LogP contribution is 1.93. The van der Waals surface area contributed by atoms with E-state index in [1.807, 2.05) is 0 Å². The summed E-state index contributed by atoms with van der Waals surface area (Å²) in [5.74, 6) is -1.63. The zero-order valence-corrected chi connectivity index (χ0v) is 6.50. The van der Waals surface area contributed by atoms with E-state index in [2.05, 4.69) is 10.8 Å². The molecule has 6 heteroatoms. The van der Waals surface area contributed by atoms with E-state index in [0.29, 0.717) is 0 Å². The smallest absolute Gasteiger partial charge is 0.347 e. The average Bonchev–Trinajstić information content (AvgIpc) is 1.86. The number of hydrogen-bond donors (Lipinski definition) is 1. The fourth-order valence-electron chi connectivity index (χ4n) is 0.346. The van der Waals surface area contributed by atoms with E-state index in [0.717, 1.165) is 6.08 Å². The SMILES string of the molecule is C=CCS(=O)(=O)OC(=O)CO. The Labute approximate surface area is 64.4 Å². The summed E-state index contributed by atoms with van der Waals surface area (Å²) in [5, 5.41) is 8.10. The normalized spacial score (nSPS) is 10.6. The summed E-state index contributed by atoms with van der Waals surface area (Å²) < 4.78 is 25.0. The second kappa shape index (κ2) is 4.09. The molecule has 5 nitrogen and oxygen atoms in total. The molecule has 0 aromatic carbocycles. The Morgan fingerprint density at radius 1 is 1.64 bits per heavy atom. The lowest BCUT2D eigenvalue weighted by molar-refractivity contribution is -0.136. The quantitative estimate of drug-likeness (QED) is 0.445. The van der Waals surface area contributed by atoms with Crippen LogP contribution in [0.5, 0.6) is 0 Å². The molecule has 0 amide bonds. The predicted octanol–water partition coefficient (Wildman–Crippen LogP) is -0.962. The first-order valence-electron chi connectivity index (χ1n) is 2.68. The molecule has 0 spiro atoms. The van der Waals surface area contributed by atoms with Gasteiger partial charge in [-0.15, -0.1) is 6.58 Å². The van der Waals surface area contributed by atoms with Gasteiger partial charge in [-0.2, -0.15) is 8.42 Å². The zero-order chi connectivity index (χ0) is 8.91. The van der Waals surface area contributed by atoms with E-state index in [-0.39, 0.29) is 0 Å². The summed E-state index contributed by atoms with van der Waals surface area (Å²) >= 11 is 0. The number of carbonyl (C=O) groups excluding carboxylic acids is 1. The van der Waals surface area contributed by atoms with Crippen LogP contribution in [0, 0.1) is 0 Å². The second-order valence-electron chi connectivity index (χ2n) is 1.63. The van der Waals surface area contributed by atoms with E-state index < -0.39 is 28.4 Å². The van der Waals surface area contributed by atoms with Crippen molar-refractivity contribution >= 4 is 16.1 Å². The first-order chi connectivity index (χ1) is 5.02. The molecule has 0 saturated carbocycles. The topological polar surface area (TPSA) is 80.7 Å². The minimum absolute atomic E-state index is 0.446. The van der Waals surface area contributed by atoms with Gasteiger partial charge in [-0.1, -0.05) is 6.08 Å². The van der Waals surface area contributed by atoms with Crippen LogP contribution in [0.1, 0.15) is 0 Å². The Morgan fingerprint density at radius 2 is 2.18 bits per heavy atom.